The predicted molar refractivity (Wildman–Crippen MR) is 80.8 cm³/mol. The average molecular weight is 289 g/mol. The number of likely N-dealkylation sites (tertiary alicyclic amines) is 1. The third-order valence-electron chi connectivity index (χ3n) is 4.10. The van der Waals surface area contributed by atoms with Crippen LogP contribution < -0.4 is 5.32 Å². The van der Waals surface area contributed by atoms with E-state index in [-0.39, 0.29) is 24.8 Å². The summed E-state index contributed by atoms with van der Waals surface area (Å²) < 4.78 is 0. The van der Waals surface area contributed by atoms with Gasteiger partial charge in [0.25, 0.3) is 0 Å². The predicted octanol–water partition coefficient (Wildman–Crippen LogP) is 2.72. The van der Waals surface area contributed by atoms with Crippen LogP contribution in [0.3, 0.4) is 0 Å². The van der Waals surface area contributed by atoms with Gasteiger partial charge in [0, 0.05) is 19.6 Å². The van der Waals surface area contributed by atoms with Crippen molar-refractivity contribution in [3.63, 3.8) is 0 Å². The van der Waals surface area contributed by atoms with Gasteiger partial charge in [0.1, 0.15) is 0 Å². The average Bonchev–Trinajstić information content (AvgIpc) is 2.92. The van der Waals surface area contributed by atoms with Gasteiger partial charge in [0.15, 0.2) is 0 Å². The van der Waals surface area contributed by atoms with Gasteiger partial charge in [-0.3, -0.25) is 4.90 Å². The normalized spacial score (nSPS) is 26.9. The number of benzene rings is 1. The van der Waals surface area contributed by atoms with E-state index < -0.39 is 0 Å². The molecule has 4 heteroatoms. The monoisotopic (exact) mass is 288 g/mol. The van der Waals surface area contributed by atoms with Crippen LogP contribution in [0, 0.1) is 5.41 Å². The lowest BCUT2D eigenvalue weighted by molar-refractivity contribution is 0.268. The van der Waals surface area contributed by atoms with Gasteiger partial charge in [0.2, 0.25) is 0 Å². The maximum atomic E-state index is 3.51. The third-order valence-corrected chi connectivity index (χ3v) is 4.10. The molecule has 1 atom stereocenters. The van der Waals surface area contributed by atoms with Crippen LogP contribution in [0.4, 0.5) is 0 Å². The highest BCUT2D eigenvalue weighted by Gasteiger charge is 2.39. The Labute approximate surface area is 122 Å². The molecule has 1 N–H and O–H groups in total. The molecule has 1 aromatic carbocycles. The van der Waals surface area contributed by atoms with E-state index in [1.54, 1.807) is 0 Å². The number of hydrogen-bond acceptors (Lipinski definition) is 2. The Hall–Kier alpha value is -0.280. The Bertz CT molecular complexity index is 350. The Morgan fingerprint density at radius 2 is 1.89 bits per heavy atom. The van der Waals surface area contributed by atoms with Gasteiger partial charge >= 0.3 is 0 Å². The van der Waals surface area contributed by atoms with Crippen LogP contribution in [0.25, 0.3) is 0 Å². The standard InChI is InChI=1S/C14H20N2.2ClH/c1-2-4-13(5-3-1)10-16-9-7-14(12-16)6-8-15-11-14;;/h1-5,15H,6-12H2;2*1H. The van der Waals surface area contributed by atoms with Crippen molar-refractivity contribution in [1.29, 1.82) is 0 Å². The molecular formula is C14H22Cl2N2. The maximum Gasteiger partial charge on any atom is 0.0233 e. The molecular weight excluding hydrogens is 267 g/mol. The summed E-state index contributed by atoms with van der Waals surface area (Å²) in [5, 5.41) is 3.51. The van der Waals surface area contributed by atoms with E-state index in [1.807, 2.05) is 0 Å². The van der Waals surface area contributed by atoms with Crippen molar-refractivity contribution in [3.8, 4) is 0 Å². The van der Waals surface area contributed by atoms with Crippen molar-refractivity contribution in [2.24, 2.45) is 5.41 Å². The van der Waals surface area contributed by atoms with E-state index >= 15 is 0 Å². The minimum Gasteiger partial charge on any atom is -0.316 e. The lowest BCUT2D eigenvalue weighted by Crippen LogP contribution is -2.28. The molecule has 0 saturated carbocycles. The molecule has 0 radical (unpaired) electrons. The molecule has 2 nitrogen and oxygen atoms in total. The Morgan fingerprint density at radius 3 is 2.56 bits per heavy atom. The van der Waals surface area contributed by atoms with Gasteiger partial charge in [0.05, 0.1) is 0 Å². The molecule has 102 valence electrons. The minimum absolute atomic E-state index is 0. The highest BCUT2D eigenvalue weighted by molar-refractivity contribution is 5.85. The van der Waals surface area contributed by atoms with Gasteiger partial charge in [-0.25, -0.2) is 0 Å². The van der Waals surface area contributed by atoms with Gasteiger partial charge in [-0.1, -0.05) is 30.3 Å². The van der Waals surface area contributed by atoms with Crippen LogP contribution in [0.5, 0.6) is 0 Å². The zero-order chi connectivity index (χ0) is 10.8. The van der Waals surface area contributed by atoms with E-state index in [4.69, 9.17) is 0 Å². The highest BCUT2D eigenvalue weighted by Crippen LogP contribution is 2.36. The molecule has 0 amide bonds. The van der Waals surface area contributed by atoms with Crippen molar-refractivity contribution in [1.82, 2.24) is 10.2 Å². The van der Waals surface area contributed by atoms with Crippen molar-refractivity contribution in [2.45, 2.75) is 19.4 Å². The molecule has 0 aliphatic carbocycles. The van der Waals surface area contributed by atoms with Crippen molar-refractivity contribution < 1.29 is 0 Å². The number of nitrogens with zero attached hydrogens (tertiary/aromatic N) is 1. The highest BCUT2D eigenvalue weighted by atomic mass is 35.5. The largest absolute Gasteiger partial charge is 0.316 e. The van der Waals surface area contributed by atoms with Crippen LogP contribution in [-0.4, -0.2) is 31.1 Å². The Balaban J connectivity index is 0.000000810. The van der Waals surface area contributed by atoms with E-state index in [9.17, 15) is 0 Å². The van der Waals surface area contributed by atoms with E-state index in [0.29, 0.717) is 5.41 Å². The molecule has 2 heterocycles. The first-order chi connectivity index (χ1) is 7.86. The molecule has 2 aliphatic heterocycles. The van der Waals surface area contributed by atoms with Crippen LogP contribution in [-0.2, 0) is 6.54 Å². The van der Waals surface area contributed by atoms with Gasteiger partial charge in [-0.2, -0.15) is 0 Å². The molecule has 3 rings (SSSR count). The molecule has 1 unspecified atom stereocenters. The van der Waals surface area contributed by atoms with Crippen molar-refractivity contribution in [3.05, 3.63) is 35.9 Å². The first kappa shape index (κ1) is 15.8. The SMILES string of the molecule is Cl.Cl.c1ccc(CN2CCC3(CCNC3)C2)cc1. The van der Waals surface area contributed by atoms with Crippen LogP contribution >= 0.6 is 24.8 Å². The summed E-state index contributed by atoms with van der Waals surface area (Å²) >= 11 is 0. The zero-order valence-corrected chi connectivity index (χ0v) is 12.2. The van der Waals surface area contributed by atoms with Crippen LogP contribution in [0.1, 0.15) is 18.4 Å². The first-order valence-electron chi connectivity index (χ1n) is 6.33. The minimum atomic E-state index is 0. The second-order valence-corrected chi connectivity index (χ2v) is 5.37. The van der Waals surface area contributed by atoms with E-state index in [1.165, 1.54) is 44.6 Å². The van der Waals surface area contributed by atoms with E-state index in [2.05, 4.69) is 40.5 Å². The van der Waals surface area contributed by atoms with Gasteiger partial charge in [-0.05, 0) is 36.9 Å². The zero-order valence-electron chi connectivity index (χ0n) is 10.6. The smallest absolute Gasteiger partial charge is 0.0233 e. The molecule has 0 bridgehead atoms. The van der Waals surface area contributed by atoms with Gasteiger partial charge < -0.3 is 5.32 Å². The number of rotatable bonds is 2. The lowest BCUT2D eigenvalue weighted by Gasteiger charge is -2.22. The van der Waals surface area contributed by atoms with Crippen LogP contribution in [0.2, 0.25) is 0 Å². The number of hydrogen-bond donors (Lipinski definition) is 1. The fraction of sp³-hybridized carbons (Fsp3) is 0.571. The fourth-order valence-corrected chi connectivity index (χ4v) is 3.15. The first-order valence-corrected chi connectivity index (χ1v) is 6.33. The summed E-state index contributed by atoms with van der Waals surface area (Å²) in [6, 6.07) is 10.8. The summed E-state index contributed by atoms with van der Waals surface area (Å²) in [6.07, 6.45) is 2.76. The summed E-state index contributed by atoms with van der Waals surface area (Å²) in [5.74, 6) is 0. The molecule has 2 fully saturated rings. The third kappa shape index (κ3) is 3.39. The summed E-state index contributed by atoms with van der Waals surface area (Å²) in [4.78, 5) is 2.61. The molecule has 18 heavy (non-hydrogen) atoms. The van der Waals surface area contributed by atoms with Gasteiger partial charge in [-0.15, -0.1) is 24.8 Å². The van der Waals surface area contributed by atoms with Crippen molar-refractivity contribution >= 4 is 24.8 Å². The van der Waals surface area contributed by atoms with E-state index in [0.717, 1.165) is 6.54 Å². The van der Waals surface area contributed by atoms with Crippen LogP contribution in [0.15, 0.2) is 30.3 Å². The number of nitrogens with one attached hydrogen (secondary N) is 1. The van der Waals surface area contributed by atoms with Crippen molar-refractivity contribution in [2.75, 3.05) is 26.2 Å². The fourth-order valence-electron chi connectivity index (χ4n) is 3.15. The summed E-state index contributed by atoms with van der Waals surface area (Å²) in [6.45, 7) is 6.14. The Morgan fingerprint density at radius 1 is 1.11 bits per heavy atom. The Kier molecular flexibility index (Phi) is 5.93. The molecule has 2 saturated heterocycles. The summed E-state index contributed by atoms with van der Waals surface area (Å²) in [5.41, 5.74) is 2.06. The molecule has 1 aromatic rings. The molecule has 2 aliphatic rings. The second kappa shape index (κ2) is 6.76. The number of halogens is 2. The summed E-state index contributed by atoms with van der Waals surface area (Å²) in [7, 11) is 0. The topological polar surface area (TPSA) is 15.3 Å². The molecule has 1 spiro atoms. The molecule has 0 aromatic heterocycles. The second-order valence-electron chi connectivity index (χ2n) is 5.37. The maximum absolute atomic E-state index is 3.51. The quantitative estimate of drug-likeness (QED) is 0.900. The lowest BCUT2D eigenvalue weighted by atomic mass is 9.87.